The Morgan fingerprint density at radius 1 is 0.800 bits per heavy atom. The molecule has 0 heterocycles. The third kappa shape index (κ3) is 5.38. The number of carboxylic acid groups (broad SMARTS) is 1. The van der Waals surface area contributed by atoms with Crippen LogP contribution in [0.5, 0.6) is 0 Å². The molecular weight excluding hydrogens is 380 g/mol. The fourth-order valence-electron chi connectivity index (χ4n) is 3.33. The van der Waals surface area contributed by atoms with Gasteiger partial charge in [-0.15, -0.1) is 0 Å². The van der Waals surface area contributed by atoms with Gasteiger partial charge in [0.1, 0.15) is 6.04 Å². The van der Waals surface area contributed by atoms with Gasteiger partial charge in [-0.05, 0) is 35.2 Å². The number of benzene rings is 3. The fraction of sp³-hybridized carbons (Fsp3) is 0.167. The van der Waals surface area contributed by atoms with Crippen LogP contribution in [0.25, 0.3) is 0 Å². The van der Waals surface area contributed by atoms with Crippen molar-refractivity contribution in [3.8, 4) is 0 Å². The quantitative estimate of drug-likeness (QED) is 0.485. The van der Waals surface area contributed by atoms with Crippen LogP contribution >= 0.6 is 0 Å². The van der Waals surface area contributed by atoms with E-state index < -0.39 is 17.9 Å². The smallest absolute Gasteiger partial charge is 0.303 e. The Labute approximate surface area is 174 Å². The second-order valence-electron chi connectivity index (χ2n) is 6.92. The van der Waals surface area contributed by atoms with E-state index in [0.29, 0.717) is 11.3 Å². The lowest BCUT2D eigenvalue weighted by Gasteiger charge is -2.18. The maximum absolute atomic E-state index is 13.1. The summed E-state index contributed by atoms with van der Waals surface area (Å²) in [7, 11) is 0. The van der Waals surface area contributed by atoms with Gasteiger partial charge in [0.2, 0.25) is 5.91 Å². The van der Waals surface area contributed by atoms with Gasteiger partial charge in [-0.3, -0.25) is 9.59 Å². The number of aliphatic carboxylic acids is 1. The molecule has 0 fully saturated rings. The molecule has 6 nitrogen and oxygen atoms in total. The van der Waals surface area contributed by atoms with Gasteiger partial charge in [0.15, 0.2) is 0 Å². The van der Waals surface area contributed by atoms with Crippen molar-refractivity contribution >= 4 is 17.6 Å². The van der Waals surface area contributed by atoms with Gasteiger partial charge in [-0.25, -0.2) is 0 Å². The largest absolute Gasteiger partial charge is 0.481 e. The summed E-state index contributed by atoms with van der Waals surface area (Å²) < 4.78 is 0. The molecule has 0 bridgehead atoms. The molecule has 3 aromatic carbocycles. The van der Waals surface area contributed by atoms with Crippen LogP contribution < -0.4 is 5.32 Å². The van der Waals surface area contributed by atoms with Gasteiger partial charge < -0.3 is 10.4 Å². The maximum atomic E-state index is 13.1. The van der Waals surface area contributed by atoms with Crippen molar-refractivity contribution in [2.75, 3.05) is 5.32 Å². The van der Waals surface area contributed by atoms with Crippen LogP contribution in [0, 0.1) is 4.91 Å². The second-order valence-corrected chi connectivity index (χ2v) is 6.92. The van der Waals surface area contributed by atoms with Crippen LogP contribution in [0.1, 0.15) is 41.5 Å². The van der Waals surface area contributed by atoms with Crippen molar-refractivity contribution in [3.63, 3.8) is 0 Å². The Kier molecular flexibility index (Phi) is 7.05. The van der Waals surface area contributed by atoms with Crippen LogP contribution in [0.2, 0.25) is 0 Å². The summed E-state index contributed by atoms with van der Waals surface area (Å²) in [6, 6.07) is 25.1. The van der Waals surface area contributed by atoms with Gasteiger partial charge in [0.25, 0.3) is 0 Å². The topological polar surface area (TPSA) is 95.8 Å². The Hall–Kier alpha value is -3.80. The molecule has 1 amide bonds. The third-order valence-electron chi connectivity index (χ3n) is 4.85. The normalized spacial score (nSPS) is 11.6. The molecule has 0 aliphatic heterocycles. The summed E-state index contributed by atoms with van der Waals surface area (Å²) in [5.41, 5.74) is 2.98. The van der Waals surface area contributed by atoms with E-state index >= 15 is 0 Å². The van der Waals surface area contributed by atoms with E-state index in [-0.39, 0.29) is 18.7 Å². The van der Waals surface area contributed by atoms with Gasteiger partial charge >= 0.3 is 5.97 Å². The first-order valence-electron chi connectivity index (χ1n) is 9.63. The number of hydrogen-bond donors (Lipinski definition) is 2. The van der Waals surface area contributed by atoms with Crippen molar-refractivity contribution in [2.24, 2.45) is 5.18 Å². The molecule has 0 radical (unpaired) electrons. The molecule has 0 spiro atoms. The number of amides is 1. The van der Waals surface area contributed by atoms with Crippen molar-refractivity contribution in [2.45, 2.75) is 24.8 Å². The standard InChI is InChI=1S/C24H22N2O4/c27-22(28)16-15-21(26-30)17-11-13-20(14-12-17)25-24(29)23(18-7-3-1-4-8-18)19-9-5-2-6-10-19/h1-14,21,23H,15-16H2,(H,25,29)(H,27,28). The van der Waals surface area contributed by atoms with E-state index in [2.05, 4.69) is 10.5 Å². The van der Waals surface area contributed by atoms with Crippen LogP contribution in [-0.4, -0.2) is 17.0 Å². The first kappa shape index (κ1) is 20.9. The van der Waals surface area contributed by atoms with Crippen LogP contribution in [-0.2, 0) is 9.59 Å². The van der Waals surface area contributed by atoms with Gasteiger partial charge in [-0.1, -0.05) is 78.0 Å². The summed E-state index contributed by atoms with van der Waals surface area (Å²) in [4.78, 5) is 34.9. The monoisotopic (exact) mass is 402 g/mol. The Bertz CT molecular complexity index is 949. The van der Waals surface area contributed by atoms with Crippen LogP contribution in [0.3, 0.4) is 0 Å². The first-order valence-corrected chi connectivity index (χ1v) is 9.63. The highest BCUT2D eigenvalue weighted by molar-refractivity contribution is 5.98. The highest BCUT2D eigenvalue weighted by Crippen LogP contribution is 2.28. The number of carboxylic acids is 1. The lowest BCUT2D eigenvalue weighted by atomic mass is 9.90. The fourth-order valence-corrected chi connectivity index (χ4v) is 3.33. The van der Waals surface area contributed by atoms with E-state index in [1.807, 2.05) is 60.7 Å². The molecule has 0 saturated heterocycles. The number of nitrogens with zero attached hydrogens (tertiary/aromatic N) is 1. The average molecular weight is 402 g/mol. The number of nitrogens with one attached hydrogen (secondary N) is 1. The molecule has 1 unspecified atom stereocenters. The summed E-state index contributed by atoms with van der Waals surface area (Å²) in [6.45, 7) is 0. The summed E-state index contributed by atoms with van der Waals surface area (Å²) in [5.74, 6) is -1.61. The Morgan fingerprint density at radius 3 is 1.80 bits per heavy atom. The Balaban J connectivity index is 1.77. The molecule has 1 atom stereocenters. The first-order chi connectivity index (χ1) is 14.6. The molecule has 0 saturated carbocycles. The predicted molar refractivity (Wildman–Crippen MR) is 115 cm³/mol. The number of nitroso groups, excluding NO2 is 1. The van der Waals surface area contributed by atoms with E-state index in [9.17, 15) is 14.5 Å². The minimum absolute atomic E-state index is 0.134. The third-order valence-corrected chi connectivity index (χ3v) is 4.85. The van der Waals surface area contributed by atoms with E-state index in [0.717, 1.165) is 11.1 Å². The minimum Gasteiger partial charge on any atom is -0.481 e. The molecule has 0 aromatic heterocycles. The lowest BCUT2D eigenvalue weighted by molar-refractivity contribution is -0.137. The summed E-state index contributed by atoms with van der Waals surface area (Å²) in [6.07, 6.45) is -0.000642. The van der Waals surface area contributed by atoms with Gasteiger partial charge in [0.05, 0.1) is 5.92 Å². The van der Waals surface area contributed by atoms with E-state index in [4.69, 9.17) is 5.11 Å². The zero-order valence-electron chi connectivity index (χ0n) is 16.3. The number of carbonyl (C=O) groups excluding carboxylic acids is 1. The molecule has 0 aliphatic rings. The molecule has 2 N–H and O–H groups in total. The Morgan fingerprint density at radius 2 is 1.33 bits per heavy atom. The molecule has 3 rings (SSSR count). The molecule has 0 aliphatic carbocycles. The highest BCUT2D eigenvalue weighted by Gasteiger charge is 2.23. The average Bonchev–Trinajstić information content (AvgIpc) is 2.77. The number of rotatable bonds is 9. The lowest BCUT2D eigenvalue weighted by Crippen LogP contribution is -2.22. The molecule has 30 heavy (non-hydrogen) atoms. The molecule has 152 valence electrons. The summed E-state index contributed by atoms with van der Waals surface area (Å²) >= 11 is 0. The molecule has 6 heteroatoms. The van der Waals surface area contributed by atoms with Gasteiger partial charge in [0, 0.05) is 12.1 Å². The van der Waals surface area contributed by atoms with Crippen LogP contribution in [0.4, 0.5) is 5.69 Å². The zero-order valence-corrected chi connectivity index (χ0v) is 16.3. The van der Waals surface area contributed by atoms with Crippen molar-refractivity contribution in [1.29, 1.82) is 0 Å². The number of hydrogen-bond acceptors (Lipinski definition) is 4. The number of carbonyl (C=O) groups is 2. The minimum atomic E-state index is -0.972. The predicted octanol–water partition coefficient (Wildman–Crippen LogP) is 5.13. The van der Waals surface area contributed by atoms with E-state index in [1.54, 1.807) is 24.3 Å². The van der Waals surface area contributed by atoms with Gasteiger partial charge in [-0.2, -0.15) is 4.91 Å². The summed E-state index contributed by atoms with van der Waals surface area (Å²) in [5, 5.41) is 14.8. The molecule has 3 aromatic rings. The van der Waals surface area contributed by atoms with Crippen molar-refractivity contribution < 1.29 is 14.7 Å². The number of anilines is 1. The molecular formula is C24H22N2O4. The van der Waals surface area contributed by atoms with Crippen molar-refractivity contribution in [3.05, 3.63) is 107 Å². The van der Waals surface area contributed by atoms with Crippen molar-refractivity contribution in [1.82, 2.24) is 0 Å². The van der Waals surface area contributed by atoms with E-state index in [1.165, 1.54) is 0 Å². The SMILES string of the molecule is O=NC(CCC(=O)O)c1ccc(NC(=O)C(c2ccccc2)c2ccccc2)cc1. The van der Waals surface area contributed by atoms with Crippen LogP contribution in [0.15, 0.2) is 90.1 Å². The highest BCUT2D eigenvalue weighted by atomic mass is 16.4. The zero-order chi connectivity index (χ0) is 21.3. The second kappa shape index (κ2) is 10.1. The maximum Gasteiger partial charge on any atom is 0.303 e.